The fraction of sp³-hybridized carbons (Fsp3) is 0.923. The van der Waals surface area contributed by atoms with Gasteiger partial charge in [0.05, 0.1) is 6.10 Å². The van der Waals surface area contributed by atoms with E-state index in [0.29, 0.717) is 19.1 Å². The number of nitrogens with two attached hydrogens (primary N) is 1. The number of carbonyl (C=O) groups is 1. The van der Waals surface area contributed by atoms with Crippen molar-refractivity contribution < 1.29 is 9.53 Å². The highest BCUT2D eigenvalue weighted by molar-refractivity contribution is 5.81. The molecule has 0 spiro atoms. The fourth-order valence-corrected chi connectivity index (χ4v) is 2.51. The highest BCUT2D eigenvalue weighted by Crippen LogP contribution is 2.22. The van der Waals surface area contributed by atoms with Crippen LogP contribution in [-0.4, -0.2) is 42.1 Å². The third-order valence-electron chi connectivity index (χ3n) is 3.54. The standard InChI is InChI=1S/C13H26N2O2/c1-4-11(5-2)15(9-8-14)13(16)12-7-6-10(3)17-12/h10-12H,4-9,14H2,1-3H3. The molecule has 1 aliphatic rings. The molecule has 0 saturated carbocycles. The van der Waals surface area contributed by atoms with Gasteiger partial charge in [0.15, 0.2) is 0 Å². The number of rotatable bonds is 6. The molecule has 1 saturated heterocycles. The van der Waals surface area contributed by atoms with E-state index in [0.717, 1.165) is 25.7 Å². The molecule has 4 nitrogen and oxygen atoms in total. The van der Waals surface area contributed by atoms with Gasteiger partial charge in [0, 0.05) is 19.1 Å². The summed E-state index contributed by atoms with van der Waals surface area (Å²) in [5.74, 6) is 0.133. The van der Waals surface area contributed by atoms with Gasteiger partial charge < -0.3 is 15.4 Å². The Labute approximate surface area is 104 Å². The molecule has 0 aromatic rings. The monoisotopic (exact) mass is 242 g/mol. The van der Waals surface area contributed by atoms with Crippen LogP contribution in [0.5, 0.6) is 0 Å². The minimum absolute atomic E-state index is 0.133. The van der Waals surface area contributed by atoms with E-state index in [-0.39, 0.29) is 18.1 Å². The largest absolute Gasteiger partial charge is 0.365 e. The predicted octanol–water partition coefficient (Wildman–Crippen LogP) is 1.53. The Morgan fingerprint density at radius 1 is 1.41 bits per heavy atom. The van der Waals surface area contributed by atoms with Gasteiger partial charge in [-0.2, -0.15) is 0 Å². The zero-order chi connectivity index (χ0) is 12.8. The molecule has 100 valence electrons. The molecule has 2 N–H and O–H groups in total. The molecule has 17 heavy (non-hydrogen) atoms. The maximum atomic E-state index is 12.4. The fourth-order valence-electron chi connectivity index (χ4n) is 2.51. The van der Waals surface area contributed by atoms with Crippen LogP contribution in [0.1, 0.15) is 46.5 Å². The van der Waals surface area contributed by atoms with E-state index in [2.05, 4.69) is 13.8 Å². The van der Waals surface area contributed by atoms with Crippen LogP contribution in [0.25, 0.3) is 0 Å². The Morgan fingerprint density at radius 3 is 2.47 bits per heavy atom. The molecule has 2 unspecified atom stereocenters. The number of ether oxygens (including phenoxy) is 1. The first kappa shape index (κ1) is 14.5. The van der Waals surface area contributed by atoms with Gasteiger partial charge in [-0.3, -0.25) is 4.79 Å². The molecule has 1 amide bonds. The zero-order valence-electron chi connectivity index (χ0n) is 11.3. The molecule has 0 aromatic heterocycles. The van der Waals surface area contributed by atoms with Crippen molar-refractivity contribution in [1.29, 1.82) is 0 Å². The van der Waals surface area contributed by atoms with Gasteiger partial charge in [-0.25, -0.2) is 0 Å². The molecular weight excluding hydrogens is 216 g/mol. The van der Waals surface area contributed by atoms with Crippen molar-refractivity contribution in [1.82, 2.24) is 4.90 Å². The molecule has 0 aliphatic carbocycles. The van der Waals surface area contributed by atoms with Crippen LogP contribution >= 0.6 is 0 Å². The lowest BCUT2D eigenvalue weighted by atomic mass is 10.1. The number of carbonyl (C=O) groups excluding carboxylic acids is 1. The first-order chi connectivity index (χ1) is 8.13. The Balaban J connectivity index is 2.65. The van der Waals surface area contributed by atoms with Gasteiger partial charge in [-0.15, -0.1) is 0 Å². The van der Waals surface area contributed by atoms with Crippen LogP contribution in [-0.2, 0) is 9.53 Å². The molecule has 1 aliphatic heterocycles. The zero-order valence-corrected chi connectivity index (χ0v) is 11.3. The minimum atomic E-state index is -0.239. The second-order valence-electron chi connectivity index (χ2n) is 4.80. The average Bonchev–Trinajstić information content (AvgIpc) is 2.75. The third-order valence-corrected chi connectivity index (χ3v) is 3.54. The lowest BCUT2D eigenvalue weighted by molar-refractivity contribution is -0.145. The van der Waals surface area contributed by atoms with Crippen molar-refractivity contribution in [3.63, 3.8) is 0 Å². The number of nitrogens with zero attached hydrogens (tertiary/aromatic N) is 1. The maximum Gasteiger partial charge on any atom is 0.252 e. The van der Waals surface area contributed by atoms with Crippen LogP contribution in [0.2, 0.25) is 0 Å². The maximum absolute atomic E-state index is 12.4. The molecule has 2 atom stereocenters. The van der Waals surface area contributed by atoms with Gasteiger partial charge in [-0.1, -0.05) is 13.8 Å². The molecule has 1 rings (SSSR count). The summed E-state index contributed by atoms with van der Waals surface area (Å²) < 4.78 is 5.66. The van der Waals surface area contributed by atoms with Crippen molar-refractivity contribution in [2.45, 2.75) is 64.7 Å². The highest BCUT2D eigenvalue weighted by Gasteiger charge is 2.33. The summed E-state index contributed by atoms with van der Waals surface area (Å²) in [5, 5.41) is 0. The molecule has 0 aromatic carbocycles. The van der Waals surface area contributed by atoms with E-state index in [1.165, 1.54) is 0 Å². The van der Waals surface area contributed by atoms with Crippen molar-refractivity contribution >= 4 is 5.91 Å². The SMILES string of the molecule is CCC(CC)N(CCN)C(=O)C1CCC(C)O1. The molecule has 4 heteroatoms. The van der Waals surface area contributed by atoms with Crippen LogP contribution in [0.4, 0.5) is 0 Å². The van der Waals surface area contributed by atoms with E-state index in [4.69, 9.17) is 10.5 Å². The first-order valence-corrected chi connectivity index (χ1v) is 6.80. The van der Waals surface area contributed by atoms with E-state index in [9.17, 15) is 4.79 Å². The van der Waals surface area contributed by atoms with Crippen LogP contribution in [0.15, 0.2) is 0 Å². The molecule has 0 radical (unpaired) electrons. The van der Waals surface area contributed by atoms with Gasteiger partial charge in [0.2, 0.25) is 0 Å². The molecule has 1 fully saturated rings. The summed E-state index contributed by atoms with van der Waals surface area (Å²) >= 11 is 0. The average molecular weight is 242 g/mol. The van der Waals surface area contributed by atoms with E-state index < -0.39 is 0 Å². The summed E-state index contributed by atoms with van der Waals surface area (Å²) in [5.41, 5.74) is 5.61. The normalized spacial score (nSPS) is 24.3. The summed E-state index contributed by atoms with van der Waals surface area (Å²) in [7, 11) is 0. The van der Waals surface area contributed by atoms with Crippen LogP contribution < -0.4 is 5.73 Å². The third kappa shape index (κ3) is 3.68. The topological polar surface area (TPSA) is 55.6 Å². The number of amides is 1. The van der Waals surface area contributed by atoms with E-state index in [1.807, 2.05) is 11.8 Å². The van der Waals surface area contributed by atoms with Gasteiger partial charge in [-0.05, 0) is 32.6 Å². The van der Waals surface area contributed by atoms with Crippen molar-refractivity contribution in [3.05, 3.63) is 0 Å². The summed E-state index contributed by atoms with van der Waals surface area (Å²) in [6.45, 7) is 7.41. The van der Waals surface area contributed by atoms with Gasteiger partial charge in [0.1, 0.15) is 6.10 Å². The lowest BCUT2D eigenvalue weighted by Crippen LogP contribution is -2.47. The lowest BCUT2D eigenvalue weighted by Gasteiger charge is -2.32. The minimum Gasteiger partial charge on any atom is -0.365 e. The van der Waals surface area contributed by atoms with Gasteiger partial charge >= 0.3 is 0 Å². The highest BCUT2D eigenvalue weighted by atomic mass is 16.5. The number of hydrogen-bond acceptors (Lipinski definition) is 3. The van der Waals surface area contributed by atoms with Crippen LogP contribution in [0.3, 0.4) is 0 Å². The Morgan fingerprint density at radius 2 is 2.06 bits per heavy atom. The predicted molar refractivity (Wildman–Crippen MR) is 68.7 cm³/mol. The van der Waals surface area contributed by atoms with Crippen LogP contribution in [0, 0.1) is 0 Å². The molecule has 1 heterocycles. The van der Waals surface area contributed by atoms with Crippen molar-refractivity contribution in [2.24, 2.45) is 5.73 Å². The summed E-state index contributed by atoms with van der Waals surface area (Å²) in [6.07, 6.45) is 3.76. The Bertz CT molecular complexity index is 242. The van der Waals surface area contributed by atoms with E-state index >= 15 is 0 Å². The second-order valence-corrected chi connectivity index (χ2v) is 4.80. The van der Waals surface area contributed by atoms with Crippen molar-refractivity contribution in [2.75, 3.05) is 13.1 Å². The Kier molecular flexibility index (Phi) is 5.92. The Hall–Kier alpha value is -0.610. The number of hydrogen-bond donors (Lipinski definition) is 1. The smallest absolute Gasteiger partial charge is 0.252 e. The molecular formula is C13H26N2O2. The van der Waals surface area contributed by atoms with Crippen molar-refractivity contribution in [3.8, 4) is 0 Å². The first-order valence-electron chi connectivity index (χ1n) is 6.80. The molecule has 0 bridgehead atoms. The van der Waals surface area contributed by atoms with Gasteiger partial charge in [0.25, 0.3) is 5.91 Å². The van der Waals surface area contributed by atoms with E-state index in [1.54, 1.807) is 0 Å². The quantitative estimate of drug-likeness (QED) is 0.768. The summed E-state index contributed by atoms with van der Waals surface area (Å²) in [6, 6.07) is 0.297. The summed E-state index contributed by atoms with van der Waals surface area (Å²) in [4.78, 5) is 14.3. The second kappa shape index (κ2) is 6.97.